The maximum Gasteiger partial charge on any atom is 0.0999 e. The van der Waals surface area contributed by atoms with Gasteiger partial charge in [-0.15, -0.1) is 5.10 Å². The van der Waals surface area contributed by atoms with E-state index in [1.165, 1.54) is 31.4 Å². The lowest BCUT2D eigenvalue weighted by Gasteiger charge is -2.04. The van der Waals surface area contributed by atoms with Gasteiger partial charge in [-0.2, -0.15) is 5.26 Å². The molecule has 0 spiro atoms. The van der Waals surface area contributed by atoms with Gasteiger partial charge in [0, 0.05) is 0 Å². The average Bonchev–Trinajstić information content (AvgIpc) is 3.10. The molecule has 4 nitrogen and oxygen atoms in total. The van der Waals surface area contributed by atoms with Gasteiger partial charge in [0.25, 0.3) is 0 Å². The SMILES string of the molecule is N#CCc1nnn(C2CC2)c1CC1CC1. The van der Waals surface area contributed by atoms with Gasteiger partial charge in [0.1, 0.15) is 0 Å². The molecule has 2 aliphatic carbocycles. The van der Waals surface area contributed by atoms with Gasteiger partial charge in [-0.1, -0.05) is 5.21 Å². The van der Waals surface area contributed by atoms with Crippen LogP contribution < -0.4 is 0 Å². The highest BCUT2D eigenvalue weighted by atomic mass is 15.5. The molecule has 2 aliphatic rings. The zero-order chi connectivity index (χ0) is 10.3. The number of nitrogens with zero attached hydrogens (tertiary/aromatic N) is 4. The Morgan fingerprint density at radius 1 is 1.33 bits per heavy atom. The maximum atomic E-state index is 8.73. The average molecular weight is 202 g/mol. The number of aromatic nitrogens is 3. The Balaban J connectivity index is 1.88. The fourth-order valence-corrected chi connectivity index (χ4v) is 1.98. The molecule has 0 aliphatic heterocycles. The van der Waals surface area contributed by atoms with Crippen molar-refractivity contribution in [1.29, 1.82) is 5.26 Å². The van der Waals surface area contributed by atoms with Gasteiger partial charge >= 0.3 is 0 Å². The molecule has 0 N–H and O–H groups in total. The van der Waals surface area contributed by atoms with E-state index in [0.717, 1.165) is 18.0 Å². The van der Waals surface area contributed by atoms with Gasteiger partial charge in [-0.3, -0.25) is 0 Å². The first kappa shape index (κ1) is 8.90. The van der Waals surface area contributed by atoms with Gasteiger partial charge in [-0.25, -0.2) is 4.68 Å². The lowest BCUT2D eigenvalue weighted by Crippen LogP contribution is -2.05. The summed E-state index contributed by atoms with van der Waals surface area (Å²) in [5, 5.41) is 17.1. The van der Waals surface area contributed by atoms with Gasteiger partial charge in [0.2, 0.25) is 0 Å². The van der Waals surface area contributed by atoms with E-state index in [1.807, 2.05) is 0 Å². The van der Waals surface area contributed by atoms with Crippen LogP contribution in [0.2, 0.25) is 0 Å². The van der Waals surface area contributed by atoms with E-state index >= 15 is 0 Å². The molecule has 1 aromatic rings. The minimum absolute atomic E-state index is 0.411. The lowest BCUT2D eigenvalue weighted by atomic mass is 10.1. The summed E-state index contributed by atoms with van der Waals surface area (Å²) in [4.78, 5) is 0. The van der Waals surface area contributed by atoms with Gasteiger partial charge in [0.05, 0.1) is 29.9 Å². The fourth-order valence-electron chi connectivity index (χ4n) is 1.98. The predicted molar refractivity (Wildman–Crippen MR) is 54.0 cm³/mol. The summed E-state index contributed by atoms with van der Waals surface area (Å²) in [6.07, 6.45) is 6.62. The highest BCUT2D eigenvalue weighted by molar-refractivity contribution is 5.17. The number of hydrogen-bond donors (Lipinski definition) is 0. The molecule has 3 rings (SSSR count). The molecule has 0 saturated heterocycles. The van der Waals surface area contributed by atoms with Crippen molar-refractivity contribution in [2.75, 3.05) is 0 Å². The summed E-state index contributed by atoms with van der Waals surface area (Å²) in [6.45, 7) is 0. The van der Waals surface area contributed by atoms with E-state index in [2.05, 4.69) is 21.1 Å². The highest BCUT2D eigenvalue weighted by Gasteiger charge is 2.31. The van der Waals surface area contributed by atoms with Crippen LogP contribution in [0.3, 0.4) is 0 Å². The van der Waals surface area contributed by atoms with E-state index in [-0.39, 0.29) is 0 Å². The first-order valence-electron chi connectivity index (χ1n) is 5.68. The highest BCUT2D eigenvalue weighted by Crippen LogP contribution is 2.38. The van der Waals surface area contributed by atoms with Crippen LogP contribution in [0, 0.1) is 17.2 Å². The minimum Gasteiger partial charge on any atom is -0.246 e. The quantitative estimate of drug-likeness (QED) is 0.745. The van der Waals surface area contributed by atoms with Gasteiger partial charge in [0.15, 0.2) is 0 Å². The second-order valence-electron chi connectivity index (χ2n) is 4.64. The van der Waals surface area contributed by atoms with Crippen molar-refractivity contribution in [3.05, 3.63) is 11.4 Å². The van der Waals surface area contributed by atoms with E-state index in [9.17, 15) is 0 Å². The Hall–Kier alpha value is -1.37. The topological polar surface area (TPSA) is 54.5 Å². The second-order valence-corrected chi connectivity index (χ2v) is 4.64. The van der Waals surface area contributed by atoms with Crippen molar-refractivity contribution in [1.82, 2.24) is 15.0 Å². The van der Waals surface area contributed by atoms with E-state index in [4.69, 9.17) is 5.26 Å². The monoisotopic (exact) mass is 202 g/mol. The van der Waals surface area contributed by atoms with Crippen LogP contribution in [-0.2, 0) is 12.8 Å². The molecule has 0 bridgehead atoms. The summed E-state index contributed by atoms with van der Waals surface area (Å²) in [7, 11) is 0. The predicted octanol–water partition coefficient (Wildman–Crippen LogP) is 1.63. The zero-order valence-electron chi connectivity index (χ0n) is 8.69. The molecule has 78 valence electrons. The largest absolute Gasteiger partial charge is 0.246 e. The Morgan fingerprint density at radius 3 is 2.73 bits per heavy atom. The summed E-state index contributed by atoms with van der Waals surface area (Å²) in [6, 6.07) is 2.76. The Kier molecular flexibility index (Phi) is 1.98. The van der Waals surface area contributed by atoms with E-state index in [1.54, 1.807) is 0 Å². The first-order valence-corrected chi connectivity index (χ1v) is 5.68. The first-order chi connectivity index (χ1) is 7.38. The van der Waals surface area contributed by atoms with Crippen molar-refractivity contribution < 1.29 is 0 Å². The third-order valence-electron chi connectivity index (χ3n) is 3.19. The van der Waals surface area contributed by atoms with Gasteiger partial charge < -0.3 is 0 Å². The molecule has 0 unspecified atom stereocenters. The van der Waals surface area contributed by atoms with Crippen molar-refractivity contribution in [3.8, 4) is 6.07 Å². The Morgan fingerprint density at radius 2 is 2.13 bits per heavy atom. The molecule has 15 heavy (non-hydrogen) atoms. The maximum absolute atomic E-state index is 8.73. The Bertz CT molecular complexity index is 407. The van der Waals surface area contributed by atoms with Crippen LogP contribution in [0.15, 0.2) is 0 Å². The second kappa shape index (κ2) is 3.34. The normalized spacial score (nSPS) is 20.2. The van der Waals surface area contributed by atoms with E-state index in [0.29, 0.717) is 12.5 Å². The summed E-state index contributed by atoms with van der Waals surface area (Å²) in [5.41, 5.74) is 2.15. The van der Waals surface area contributed by atoms with Crippen molar-refractivity contribution >= 4 is 0 Å². The van der Waals surface area contributed by atoms with E-state index < -0.39 is 0 Å². The summed E-state index contributed by atoms with van der Waals surface area (Å²) >= 11 is 0. The fraction of sp³-hybridized carbons (Fsp3) is 0.727. The van der Waals surface area contributed by atoms with Crippen LogP contribution in [0.25, 0.3) is 0 Å². The van der Waals surface area contributed by atoms with Crippen molar-refractivity contribution in [2.24, 2.45) is 5.92 Å². The molecule has 2 fully saturated rings. The van der Waals surface area contributed by atoms with Crippen molar-refractivity contribution in [3.63, 3.8) is 0 Å². The van der Waals surface area contributed by atoms with Gasteiger partial charge in [-0.05, 0) is 38.0 Å². The number of hydrogen-bond acceptors (Lipinski definition) is 3. The Labute approximate surface area is 88.9 Å². The minimum atomic E-state index is 0.411. The van der Waals surface area contributed by atoms with Crippen LogP contribution >= 0.6 is 0 Å². The summed E-state index contributed by atoms with van der Waals surface area (Å²) in [5.74, 6) is 0.832. The zero-order valence-corrected chi connectivity index (χ0v) is 8.69. The molecule has 1 heterocycles. The molecule has 1 aromatic heterocycles. The van der Waals surface area contributed by atoms with Crippen molar-refractivity contribution in [2.45, 2.75) is 44.6 Å². The molecular formula is C11H14N4. The lowest BCUT2D eigenvalue weighted by molar-refractivity contribution is 0.571. The summed E-state index contributed by atoms with van der Waals surface area (Å²) < 4.78 is 2.07. The molecule has 0 aromatic carbocycles. The third kappa shape index (κ3) is 1.74. The molecule has 2 saturated carbocycles. The van der Waals surface area contributed by atoms with Crippen LogP contribution in [0.1, 0.15) is 43.1 Å². The van der Waals surface area contributed by atoms with Crippen LogP contribution in [-0.4, -0.2) is 15.0 Å². The number of nitriles is 1. The molecular weight excluding hydrogens is 188 g/mol. The smallest absolute Gasteiger partial charge is 0.0999 e. The molecule has 0 radical (unpaired) electrons. The van der Waals surface area contributed by atoms with Crippen LogP contribution in [0.5, 0.6) is 0 Å². The number of rotatable bonds is 4. The molecule has 0 amide bonds. The van der Waals surface area contributed by atoms with Crippen LogP contribution in [0.4, 0.5) is 0 Å². The standard InChI is InChI=1S/C11H14N4/c12-6-5-10-11(7-8-1-2-8)15(14-13-10)9-3-4-9/h8-9H,1-5,7H2. The molecule has 4 heteroatoms. The third-order valence-corrected chi connectivity index (χ3v) is 3.19. The molecule has 0 atom stereocenters.